The maximum Gasteiger partial charge on any atom is 0.282 e. The second-order valence-corrected chi connectivity index (χ2v) is 9.36. The Morgan fingerprint density at radius 1 is 1.00 bits per heavy atom. The quantitative estimate of drug-likeness (QED) is 0.327. The lowest BCUT2D eigenvalue weighted by atomic mass is 9.81. The Labute approximate surface area is 200 Å². The lowest BCUT2D eigenvalue weighted by Gasteiger charge is -2.28. The van der Waals surface area contributed by atoms with Gasteiger partial charge in [-0.15, -0.1) is 0 Å². The molecule has 0 saturated heterocycles. The lowest BCUT2D eigenvalue weighted by Crippen LogP contribution is -2.24. The van der Waals surface area contributed by atoms with E-state index in [4.69, 9.17) is 5.10 Å². The van der Waals surface area contributed by atoms with Crippen molar-refractivity contribution in [1.29, 1.82) is 0 Å². The van der Waals surface area contributed by atoms with E-state index < -0.39 is 5.92 Å². The number of pyridine rings is 1. The minimum absolute atomic E-state index is 0.102. The molecule has 0 bridgehead atoms. The number of H-pyrrole nitrogens is 1. The molecule has 3 heterocycles. The molecule has 1 aliphatic carbocycles. The van der Waals surface area contributed by atoms with Gasteiger partial charge in [-0.1, -0.05) is 42.5 Å². The average molecular weight is 471 g/mol. The van der Waals surface area contributed by atoms with Crippen LogP contribution in [-0.2, 0) is 0 Å². The Morgan fingerprint density at radius 2 is 1.77 bits per heavy atom. The van der Waals surface area contributed by atoms with Crippen LogP contribution in [0.1, 0.15) is 42.9 Å². The van der Waals surface area contributed by atoms with Gasteiger partial charge in [-0.3, -0.25) is 9.78 Å². The number of benzene rings is 2. The number of hydrogen-bond acceptors (Lipinski definition) is 3. The summed E-state index contributed by atoms with van der Waals surface area (Å²) in [4.78, 5) is 21.6. The third-order valence-electron chi connectivity index (χ3n) is 7.07. The van der Waals surface area contributed by atoms with Gasteiger partial charge in [-0.25, -0.2) is 8.78 Å². The highest BCUT2D eigenvalue weighted by Crippen LogP contribution is 2.44. The van der Waals surface area contributed by atoms with Gasteiger partial charge >= 0.3 is 0 Å². The summed E-state index contributed by atoms with van der Waals surface area (Å²) in [5.74, 6) is -2.73. The van der Waals surface area contributed by atoms with Crippen molar-refractivity contribution >= 4 is 16.6 Å². The molecule has 1 N–H and O–H groups in total. The van der Waals surface area contributed by atoms with Crippen molar-refractivity contribution in [2.45, 2.75) is 44.4 Å². The van der Waals surface area contributed by atoms with Gasteiger partial charge < -0.3 is 4.98 Å². The van der Waals surface area contributed by atoms with Gasteiger partial charge in [-0.2, -0.15) is 9.61 Å². The Hall–Kier alpha value is -3.87. The lowest BCUT2D eigenvalue weighted by molar-refractivity contribution is -0.0381. The minimum Gasteiger partial charge on any atom is -0.343 e. The minimum atomic E-state index is -2.63. The molecule has 2 aromatic carbocycles. The number of aromatic amines is 1. The van der Waals surface area contributed by atoms with Gasteiger partial charge in [0.05, 0.1) is 16.8 Å². The first-order valence-electron chi connectivity index (χ1n) is 11.9. The summed E-state index contributed by atoms with van der Waals surface area (Å²) in [5.41, 5.74) is 5.63. The second-order valence-electron chi connectivity index (χ2n) is 9.36. The first-order chi connectivity index (χ1) is 16.9. The third-order valence-corrected chi connectivity index (χ3v) is 7.07. The van der Waals surface area contributed by atoms with Crippen LogP contribution in [0.4, 0.5) is 8.78 Å². The summed E-state index contributed by atoms with van der Waals surface area (Å²) >= 11 is 0. The van der Waals surface area contributed by atoms with E-state index in [1.165, 1.54) is 4.52 Å². The topological polar surface area (TPSA) is 63.1 Å². The third kappa shape index (κ3) is 3.71. The fraction of sp³-hybridized carbons (Fsp3) is 0.250. The monoisotopic (exact) mass is 470 g/mol. The number of halogens is 2. The van der Waals surface area contributed by atoms with E-state index in [1.54, 1.807) is 6.20 Å². The molecule has 5 nitrogen and oxygen atoms in total. The van der Waals surface area contributed by atoms with Crippen molar-refractivity contribution in [2.24, 2.45) is 0 Å². The number of nitrogens with zero attached hydrogens (tertiary/aromatic N) is 3. The van der Waals surface area contributed by atoms with Crippen LogP contribution < -0.4 is 5.56 Å². The van der Waals surface area contributed by atoms with Crippen LogP contribution in [0.3, 0.4) is 0 Å². The summed E-state index contributed by atoms with van der Waals surface area (Å²) in [6, 6.07) is 19.2. The molecule has 1 aliphatic rings. The Bertz CT molecular complexity index is 1610. The molecule has 5 aromatic rings. The van der Waals surface area contributed by atoms with E-state index in [1.807, 2.05) is 67.6 Å². The average Bonchev–Trinajstić information content (AvgIpc) is 3.24. The van der Waals surface area contributed by atoms with Crippen LogP contribution in [0.15, 0.2) is 71.7 Å². The zero-order valence-electron chi connectivity index (χ0n) is 19.3. The van der Waals surface area contributed by atoms with Crippen LogP contribution >= 0.6 is 0 Å². The number of aryl methyl sites for hydroxylation is 1. The van der Waals surface area contributed by atoms with Crippen molar-refractivity contribution in [1.82, 2.24) is 19.6 Å². The highest BCUT2D eigenvalue weighted by molar-refractivity contribution is 5.85. The van der Waals surface area contributed by atoms with Crippen molar-refractivity contribution in [2.75, 3.05) is 0 Å². The predicted octanol–water partition coefficient (Wildman–Crippen LogP) is 6.51. The van der Waals surface area contributed by atoms with Gasteiger partial charge in [0, 0.05) is 41.2 Å². The van der Waals surface area contributed by atoms with Crippen LogP contribution in [-0.4, -0.2) is 25.5 Å². The molecule has 0 unspecified atom stereocenters. The van der Waals surface area contributed by atoms with Gasteiger partial charge in [0.15, 0.2) is 0 Å². The first-order valence-corrected chi connectivity index (χ1v) is 11.9. The van der Waals surface area contributed by atoms with Crippen LogP contribution in [0.2, 0.25) is 0 Å². The first kappa shape index (κ1) is 21.6. The van der Waals surface area contributed by atoms with E-state index in [-0.39, 0.29) is 24.3 Å². The largest absolute Gasteiger partial charge is 0.343 e. The fourth-order valence-electron chi connectivity index (χ4n) is 5.30. The maximum absolute atomic E-state index is 14.0. The summed E-state index contributed by atoms with van der Waals surface area (Å²) in [7, 11) is 0. The normalized spacial score (nSPS) is 16.2. The van der Waals surface area contributed by atoms with Crippen molar-refractivity contribution < 1.29 is 8.78 Å². The number of rotatable bonds is 3. The van der Waals surface area contributed by atoms with Gasteiger partial charge in [0.2, 0.25) is 5.92 Å². The molecule has 0 spiro atoms. The molecule has 35 heavy (non-hydrogen) atoms. The van der Waals surface area contributed by atoms with Crippen molar-refractivity contribution in [3.8, 4) is 22.4 Å². The SMILES string of the molecule is Cc1[nH]c2c(C3CCC(F)(F)CC3)c(-c3ccccc3)nn2c(=O)c1-c1ccc2ncccc2c1. The Morgan fingerprint density at radius 3 is 2.54 bits per heavy atom. The van der Waals surface area contributed by atoms with E-state index >= 15 is 0 Å². The molecule has 6 rings (SSSR count). The van der Waals surface area contributed by atoms with E-state index in [0.717, 1.165) is 27.6 Å². The fourth-order valence-corrected chi connectivity index (χ4v) is 5.30. The molecule has 7 heteroatoms. The van der Waals surface area contributed by atoms with E-state index in [0.29, 0.717) is 35.4 Å². The molecular formula is C28H24F2N4O. The van der Waals surface area contributed by atoms with E-state index in [9.17, 15) is 13.6 Å². The van der Waals surface area contributed by atoms with Gasteiger partial charge in [0.25, 0.3) is 5.56 Å². The molecule has 0 atom stereocenters. The second kappa shape index (κ2) is 8.12. The number of nitrogens with one attached hydrogen (secondary N) is 1. The predicted molar refractivity (Wildman–Crippen MR) is 133 cm³/mol. The standard InChI is InChI=1S/C28H24F2N4O/c1-17-23(21-9-10-22-20(16-21)8-5-15-31-22)27(35)34-26(32-17)24(18-11-13-28(29,30)14-12-18)25(33-34)19-6-3-2-4-7-19/h2-10,15-16,18,32H,11-14H2,1H3. The molecule has 0 amide bonds. The zero-order valence-corrected chi connectivity index (χ0v) is 19.3. The highest BCUT2D eigenvalue weighted by Gasteiger charge is 2.38. The van der Waals surface area contributed by atoms with Crippen molar-refractivity contribution in [3.05, 3.63) is 88.5 Å². The summed E-state index contributed by atoms with van der Waals surface area (Å²) < 4.78 is 29.3. The van der Waals surface area contributed by atoms with Crippen molar-refractivity contribution in [3.63, 3.8) is 0 Å². The number of hydrogen-bond donors (Lipinski definition) is 1. The number of alkyl halides is 2. The van der Waals surface area contributed by atoms with Crippen LogP contribution in [0.5, 0.6) is 0 Å². The molecular weight excluding hydrogens is 446 g/mol. The Kier molecular flexibility index (Phi) is 5.02. The van der Waals surface area contributed by atoms with Crippen LogP contribution in [0.25, 0.3) is 38.9 Å². The van der Waals surface area contributed by atoms with Crippen LogP contribution in [0, 0.1) is 6.92 Å². The summed E-state index contributed by atoms with van der Waals surface area (Å²) in [5, 5.41) is 5.70. The van der Waals surface area contributed by atoms with Gasteiger partial charge in [-0.05, 0) is 49.4 Å². The van der Waals surface area contributed by atoms with E-state index in [2.05, 4.69) is 9.97 Å². The summed E-state index contributed by atoms with van der Waals surface area (Å²) in [6.07, 6.45) is 2.14. The molecule has 1 fully saturated rings. The molecule has 176 valence electrons. The smallest absolute Gasteiger partial charge is 0.282 e. The number of fused-ring (bicyclic) bond motifs is 2. The maximum atomic E-state index is 14.0. The molecule has 0 aliphatic heterocycles. The molecule has 0 radical (unpaired) electrons. The number of aromatic nitrogens is 4. The Balaban J connectivity index is 1.57. The summed E-state index contributed by atoms with van der Waals surface area (Å²) in [6.45, 7) is 1.87. The van der Waals surface area contributed by atoms with Gasteiger partial charge in [0.1, 0.15) is 5.65 Å². The molecule has 3 aromatic heterocycles. The molecule has 1 saturated carbocycles. The zero-order chi connectivity index (χ0) is 24.2. The highest BCUT2D eigenvalue weighted by atomic mass is 19.3.